The molecule has 2 aromatic carbocycles. The Morgan fingerprint density at radius 3 is 2.50 bits per heavy atom. The molecule has 0 fully saturated rings. The van der Waals surface area contributed by atoms with E-state index in [1.54, 1.807) is 18.2 Å². The first-order chi connectivity index (χ1) is 13.3. The number of rotatable bonds is 10. The van der Waals surface area contributed by atoms with E-state index in [0.717, 1.165) is 11.3 Å². The van der Waals surface area contributed by atoms with Crippen molar-refractivity contribution in [1.29, 1.82) is 0 Å². The fraction of sp³-hybridized carbons (Fsp3) is 0.350. The quantitative estimate of drug-likeness (QED) is 0.561. The van der Waals surface area contributed by atoms with Gasteiger partial charge in [-0.15, -0.1) is 0 Å². The van der Waals surface area contributed by atoms with Crippen molar-refractivity contribution in [3.05, 3.63) is 53.1 Å². The lowest BCUT2D eigenvalue weighted by Crippen LogP contribution is -2.24. The zero-order valence-electron chi connectivity index (χ0n) is 16.0. The Balaban J connectivity index is 1.78. The van der Waals surface area contributed by atoms with Crippen molar-refractivity contribution in [3.63, 3.8) is 0 Å². The van der Waals surface area contributed by atoms with Crippen molar-refractivity contribution in [2.45, 2.75) is 38.0 Å². The fourth-order valence-electron chi connectivity index (χ4n) is 2.45. The average molecular weight is 425 g/mol. The number of sulfonamides is 1. The highest BCUT2D eigenvalue weighted by Crippen LogP contribution is 2.22. The predicted molar refractivity (Wildman–Crippen MR) is 111 cm³/mol. The summed E-state index contributed by atoms with van der Waals surface area (Å²) in [7, 11) is -3.51. The second-order valence-electron chi connectivity index (χ2n) is 6.33. The molecule has 1 amide bonds. The van der Waals surface area contributed by atoms with E-state index in [1.165, 1.54) is 12.1 Å². The molecule has 0 heterocycles. The number of nitrogens with one attached hydrogen (secondary N) is 2. The van der Waals surface area contributed by atoms with Crippen LogP contribution >= 0.6 is 11.6 Å². The summed E-state index contributed by atoms with van der Waals surface area (Å²) in [5.74, 6) is 0.592. The smallest absolute Gasteiger partial charge is 0.240 e. The van der Waals surface area contributed by atoms with Crippen molar-refractivity contribution in [3.8, 4) is 5.75 Å². The number of hydrogen-bond acceptors (Lipinski definition) is 4. The summed E-state index contributed by atoms with van der Waals surface area (Å²) in [5.41, 5.74) is 1.49. The molecule has 0 atom stereocenters. The van der Waals surface area contributed by atoms with Crippen molar-refractivity contribution in [1.82, 2.24) is 4.72 Å². The molecule has 6 nitrogen and oxygen atoms in total. The van der Waals surface area contributed by atoms with Gasteiger partial charge in [0.1, 0.15) is 5.75 Å². The lowest BCUT2D eigenvalue weighted by Gasteiger charge is -2.10. The first-order valence-electron chi connectivity index (χ1n) is 9.10. The number of hydrogen-bond donors (Lipinski definition) is 2. The maximum Gasteiger partial charge on any atom is 0.240 e. The van der Waals surface area contributed by atoms with Crippen molar-refractivity contribution in [2.24, 2.45) is 0 Å². The number of benzene rings is 2. The minimum atomic E-state index is -3.51. The van der Waals surface area contributed by atoms with Crippen LogP contribution in [0.2, 0.25) is 5.02 Å². The summed E-state index contributed by atoms with van der Waals surface area (Å²) in [6, 6.07) is 11.5. The lowest BCUT2D eigenvalue weighted by molar-refractivity contribution is -0.116. The molecule has 0 aromatic heterocycles. The highest BCUT2D eigenvalue weighted by Gasteiger charge is 2.13. The Morgan fingerprint density at radius 2 is 1.86 bits per heavy atom. The Kier molecular flexibility index (Phi) is 8.29. The molecule has 0 saturated carbocycles. The number of halogens is 1. The molecule has 0 aliphatic rings. The average Bonchev–Trinajstić information content (AvgIpc) is 2.65. The van der Waals surface area contributed by atoms with E-state index in [4.69, 9.17) is 16.3 Å². The van der Waals surface area contributed by atoms with E-state index in [-0.39, 0.29) is 10.8 Å². The number of anilines is 1. The second kappa shape index (κ2) is 10.5. The molecule has 2 aromatic rings. The van der Waals surface area contributed by atoms with Crippen LogP contribution < -0.4 is 14.8 Å². The molecule has 28 heavy (non-hydrogen) atoms. The van der Waals surface area contributed by atoms with Gasteiger partial charge in [0.05, 0.1) is 11.5 Å². The van der Waals surface area contributed by atoms with Crippen LogP contribution in [0.4, 0.5) is 5.69 Å². The topological polar surface area (TPSA) is 84.5 Å². The van der Waals surface area contributed by atoms with Crippen LogP contribution in [0.25, 0.3) is 0 Å². The first-order valence-corrected chi connectivity index (χ1v) is 11.0. The van der Waals surface area contributed by atoms with E-state index >= 15 is 0 Å². The lowest BCUT2D eigenvalue weighted by atomic mass is 10.2. The Bertz CT molecular complexity index is 899. The van der Waals surface area contributed by atoms with E-state index in [0.29, 0.717) is 43.1 Å². The van der Waals surface area contributed by atoms with Gasteiger partial charge in [0.25, 0.3) is 0 Å². The molecule has 0 radical (unpaired) electrons. The number of aryl methyl sites for hydroxylation is 1. The predicted octanol–water partition coefficient (Wildman–Crippen LogP) is 4.13. The third-order valence-corrected chi connectivity index (χ3v) is 5.65. The second-order valence-corrected chi connectivity index (χ2v) is 8.54. The van der Waals surface area contributed by atoms with Crippen LogP contribution in [0.5, 0.6) is 5.75 Å². The fourth-order valence-corrected chi connectivity index (χ4v) is 3.81. The molecule has 0 spiro atoms. The highest BCUT2D eigenvalue weighted by atomic mass is 35.5. The molecule has 2 N–H and O–H groups in total. The van der Waals surface area contributed by atoms with Crippen LogP contribution in [-0.4, -0.2) is 27.5 Å². The normalized spacial score (nSPS) is 11.2. The summed E-state index contributed by atoms with van der Waals surface area (Å²) < 4.78 is 32.2. The SMILES string of the molecule is CCCNS(=O)(=O)c1ccc(NC(=O)CCCOc2ccc(Cl)cc2C)cc1. The minimum absolute atomic E-state index is 0.156. The standard InChI is InChI=1S/C20H25ClN2O4S/c1-3-12-22-28(25,26)18-9-7-17(8-10-18)23-20(24)5-4-13-27-19-11-6-16(21)14-15(19)2/h6-11,14,22H,3-5,12-13H2,1-2H3,(H,23,24). The summed E-state index contributed by atoms with van der Waals surface area (Å²) in [5, 5.41) is 3.41. The summed E-state index contributed by atoms with van der Waals surface area (Å²) in [6.07, 6.45) is 1.57. The van der Waals surface area contributed by atoms with Gasteiger partial charge < -0.3 is 10.1 Å². The van der Waals surface area contributed by atoms with E-state index in [2.05, 4.69) is 10.0 Å². The van der Waals surface area contributed by atoms with Gasteiger partial charge in [-0.2, -0.15) is 0 Å². The molecule has 2 rings (SSSR count). The van der Waals surface area contributed by atoms with Gasteiger partial charge in [0.2, 0.25) is 15.9 Å². The molecule has 152 valence electrons. The molecule has 0 aliphatic heterocycles. The van der Waals surface area contributed by atoms with Gasteiger partial charge in [0.15, 0.2) is 0 Å². The molecule has 0 unspecified atom stereocenters. The van der Waals surface area contributed by atoms with Crippen LogP contribution in [0.3, 0.4) is 0 Å². The monoisotopic (exact) mass is 424 g/mol. The number of carbonyl (C=O) groups is 1. The maximum atomic E-state index is 12.0. The van der Waals surface area contributed by atoms with E-state index < -0.39 is 10.0 Å². The Labute approximate surface area is 171 Å². The Hall–Kier alpha value is -2.09. The maximum absolute atomic E-state index is 12.0. The van der Waals surface area contributed by atoms with Gasteiger partial charge in [-0.05, 0) is 67.8 Å². The summed E-state index contributed by atoms with van der Waals surface area (Å²) >= 11 is 5.91. The third-order valence-electron chi connectivity index (χ3n) is 3.93. The number of amides is 1. The molecular formula is C20H25ClN2O4S. The largest absolute Gasteiger partial charge is 0.493 e. The van der Waals surface area contributed by atoms with Gasteiger partial charge in [0, 0.05) is 23.7 Å². The van der Waals surface area contributed by atoms with E-state index in [9.17, 15) is 13.2 Å². The molecule has 8 heteroatoms. The van der Waals surface area contributed by atoms with Crippen molar-refractivity contribution < 1.29 is 17.9 Å². The third kappa shape index (κ3) is 6.82. The zero-order chi connectivity index (χ0) is 20.6. The van der Waals surface area contributed by atoms with Gasteiger partial charge in [-0.3, -0.25) is 4.79 Å². The van der Waals surface area contributed by atoms with Crippen LogP contribution in [0.15, 0.2) is 47.4 Å². The number of carbonyl (C=O) groups excluding carboxylic acids is 1. The van der Waals surface area contributed by atoms with Crippen molar-refractivity contribution in [2.75, 3.05) is 18.5 Å². The zero-order valence-corrected chi connectivity index (χ0v) is 17.6. The number of ether oxygens (including phenoxy) is 1. The van der Waals surface area contributed by atoms with Crippen LogP contribution in [0.1, 0.15) is 31.7 Å². The van der Waals surface area contributed by atoms with E-state index in [1.807, 2.05) is 26.0 Å². The molecular weight excluding hydrogens is 400 g/mol. The highest BCUT2D eigenvalue weighted by molar-refractivity contribution is 7.89. The van der Waals surface area contributed by atoms with Crippen molar-refractivity contribution >= 4 is 33.2 Å². The molecule has 0 saturated heterocycles. The minimum Gasteiger partial charge on any atom is -0.493 e. The first kappa shape index (κ1) is 22.2. The van der Waals surface area contributed by atoms with Crippen LogP contribution in [-0.2, 0) is 14.8 Å². The molecule has 0 aliphatic carbocycles. The van der Waals surface area contributed by atoms with Gasteiger partial charge in [-0.1, -0.05) is 18.5 Å². The van der Waals surface area contributed by atoms with Crippen LogP contribution in [0, 0.1) is 6.92 Å². The summed E-state index contributed by atoms with van der Waals surface area (Å²) in [6.45, 7) is 4.60. The van der Waals surface area contributed by atoms with Gasteiger partial charge in [-0.25, -0.2) is 13.1 Å². The Morgan fingerprint density at radius 1 is 1.14 bits per heavy atom. The summed E-state index contributed by atoms with van der Waals surface area (Å²) in [4.78, 5) is 12.2. The van der Waals surface area contributed by atoms with Gasteiger partial charge >= 0.3 is 0 Å². The molecule has 0 bridgehead atoms.